The van der Waals surface area contributed by atoms with Crippen molar-refractivity contribution in [1.82, 2.24) is 4.90 Å². The highest BCUT2D eigenvalue weighted by molar-refractivity contribution is 5.45. The van der Waals surface area contributed by atoms with E-state index in [2.05, 4.69) is 17.0 Å². The van der Waals surface area contributed by atoms with E-state index < -0.39 is 0 Å². The van der Waals surface area contributed by atoms with E-state index in [-0.39, 0.29) is 0 Å². The molecule has 3 rings (SSSR count). The zero-order valence-electron chi connectivity index (χ0n) is 12.0. The quantitative estimate of drug-likeness (QED) is 0.839. The lowest BCUT2D eigenvalue weighted by Gasteiger charge is -2.32. The number of fused-ring (bicyclic) bond motifs is 1. The first-order chi connectivity index (χ1) is 9.86. The van der Waals surface area contributed by atoms with Gasteiger partial charge in [0.05, 0.1) is 0 Å². The average molecular weight is 276 g/mol. The molecule has 4 heteroatoms. The average Bonchev–Trinajstić information content (AvgIpc) is 2.96. The second-order valence-electron chi connectivity index (χ2n) is 5.72. The molecule has 2 N–H and O–H groups in total. The Kier molecular flexibility index (Phi) is 4.43. The van der Waals surface area contributed by atoms with E-state index in [4.69, 9.17) is 15.2 Å². The van der Waals surface area contributed by atoms with Crippen LogP contribution >= 0.6 is 0 Å². The molecule has 0 radical (unpaired) electrons. The Bertz CT molecular complexity index is 442. The number of nitrogens with two attached hydrogens (primary N) is 1. The van der Waals surface area contributed by atoms with Gasteiger partial charge in [-0.2, -0.15) is 0 Å². The van der Waals surface area contributed by atoms with Gasteiger partial charge in [0.15, 0.2) is 11.5 Å². The molecule has 20 heavy (non-hydrogen) atoms. The van der Waals surface area contributed by atoms with Crippen LogP contribution in [0, 0.1) is 0 Å². The summed E-state index contributed by atoms with van der Waals surface area (Å²) >= 11 is 0. The highest BCUT2D eigenvalue weighted by atomic mass is 16.7. The van der Waals surface area contributed by atoms with Gasteiger partial charge in [-0.15, -0.1) is 0 Å². The van der Waals surface area contributed by atoms with Crippen molar-refractivity contribution >= 4 is 0 Å². The van der Waals surface area contributed by atoms with Crippen LogP contribution in [0.2, 0.25) is 0 Å². The molecule has 0 aliphatic carbocycles. The molecule has 0 unspecified atom stereocenters. The molecule has 0 spiro atoms. The molecule has 0 aromatic heterocycles. The van der Waals surface area contributed by atoms with Crippen LogP contribution in [-0.2, 0) is 0 Å². The number of nitrogens with zero attached hydrogens (tertiary/aromatic N) is 1. The Balaban J connectivity index is 1.53. The van der Waals surface area contributed by atoms with Crippen molar-refractivity contribution in [2.45, 2.75) is 31.6 Å². The molecule has 1 saturated heterocycles. The molecule has 110 valence electrons. The normalized spacial score (nSPS) is 19.4. The molecule has 4 nitrogen and oxygen atoms in total. The van der Waals surface area contributed by atoms with E-state index in [1.807, 2.05) is 6.07 Å². The number of benzene rings is 1. The van der Waals surface area contributed by atoms with Gasteiger partial charge in [0.2, 0.25) is 6.79 Å². The minimum atomic E-state index is 0.359. The molecule has 0 atom stereocenters. The Morgan fingerprint density at radius 3 is 2.70 bits per heavy atom. The van der Waals surface area contributed by atoms with Gasteiger partial charge in [0.1, 0.15) is 0 Å². The second kappa shape index (κ2) is 6.46. The third-order valence-corrected chi connectivity index (χ3v) is 4.38. The van der Waals surface area contributed by atoms with Crippen molar-refractivity contribution in [2.75, 3.05) is 33.0 Å². The first kappa shape index (κ1) is 13.7. The van der Waals surface area contributed by atoms with Gasteiger partial charge in [-0.3, -0.25) is 0 Å². The third kappa shape index (κ3) is 3.07. The zero-order chi connectivity index (χ0) is 13.8. The van der Waals surface area contributed by atoms with Crippen LogP contribution in [0.3, 0.4) is 0 Å². The number of unbranched alkanes of at least 4 members (excludes halogenated alkanes) is 1. The van der Waals surface area contributed by atoms with Crippen molar-refractivity contribution < 1.29 is 9.47 Å². The number of ether oxygens (including phenoxy) is 2. The summed E-state index contributed by atoms with van der Waals surface area (Å²) in [5.41, 5.74) is 6.95. The summed E-state index contributed by atoms with van der Waals surface area (Å²) in [5.74, 6) is 2.45. The van der Waals surface area contributed by atoms with E-state index in [9.17, 15) is 0 Å². The summed E-state index contributed by atoms with van der Waals surface area (Å²) in [6.07, 6.45) is 4.85. The molecule has 0 bridgehead atoms. The monoisotopic (exact) mass is 276 g/mol. The molecular weight excluding hydrogens is 252 g/mol. The maximum absolute atomic E-state index is 5.55. The summed E-state index contributed by atoms with van der Waals surface area (Å²) in [6.45, 7) is 4.77. The predicted octanol–water partition coefficient (Wildman–Crippen LogP) is 2.33. The van der Waals surface area contributed by atoms with Crippen LogP contribution in [0.25, 0.3) is 0 Å². The first-order valence-electron chi connectivity index (χ1n) is 7.69. The van der Waals surface area contributed by atoms with Gasteiger partial charge in [-0.25, -0.2) is 0 Å². The summed E-state index contributed by atoms with van der Waals surface area (Å²) in [4.78, 5) is 2.57. The predicted molar refractivity (Wildman–Crippen MR) is 79.3 cm³/mol. The highest BCUT2D eigenvalue weighted by Gasteiger charge is 2.22. The highest BCUT2D eigenvalue weighted by Crippen LogP contribution is 2.37. The molecule has 0 amide bonds. The summed E-state index contributed by atoms with van der Waals surface area (Å²) in [7, 11) is 0. The number of piperidine rings is 1. The maximum Gasteiger partial charge on any atom is 0.231 e. The van der Waals surface area contributed by atoms with E-state index >= 15 is 0 Å². The Hall–Kier alpha value is -1.26. The SMILES string of the molecule is NCCCCN1CCC(c2ccc3c(c2)OCO3)CC1. The lowest BCUT2D eigenvalue weighted by Crippen LogP contribution is -2.33. The lowest BCUT2D eigenvalue weighted by molar-refractivity contribution is 0.174. The van der Waals surface area contributed by atoms with Crippen LogP contribution in [0.1, 0.15) is 37.2 Å². The van der Waals surface area contributed by atoms with Gasteiger partial charge in [-0.05, 0) is 75.5 Å². The summed E-state index contributed by atoms with van der Waals surface area (Å²) in [6, 6.07) is 6.41. The minimum Gasteiger partial charge on any atom is -0.454 e. The fourth-order valence-corrected chi connectivity index (χ4v) is 3.14. The van der Waals surface area contributed by atoms with Crippen LogP contribution in [0.5, 0.6) is 11.5 Å². The molecule has 0 saturated carbocycles. The van der Waals surface area contributed by atoms with Crippen molar-refractivity contribution in [3.63, 3.8) is 0 Å². The molecule has 2 aliphatic rings. The topological polar surface area (TPSA) is 47.7 Å². The van der Waals surface area contributed by atoms with Crippen molar-refractivity contribution in [1.29, 1.82) is 0 Å². The lowest BCUT2D eigenvalue weighted by atomic mass is 9.89. The van der Waals surface area contributed by atoms with Gasteiger partial charge in [0.25, 0.3) is 0 Å². The molecule has 1 aromatic rings. The van der Waals surface area contributed by atoms with Crippen molar-refractivity contribution in [3.05, 3.63) is 23.8 Å². The van der Waals surface area contributed by atoms with Crippen molar-refractivity contribution in [2.24, 2.45) is 5.73 Å². The largest absolute Gasteiger partial charge is 0.454 e. The standard InChI is InChI=1S/C16H24N2O2/c17-7-1-2-8-18-9-5-13(6-10-18)14-3-4-15-16(11-14)20-12-19-15/h3-4,11,13H,1-2,5-10,12,17H2. The minimum absolute atomic E-state index is 0.359. The van der Waals surface area contributed by atoms with E-state index in [0.717, 1.165) is 24.5 Å². The number of hydrogen-bond acceptors (Lipinski definition) is 4. The van der Waals surface area contributed by atoms with Crippen LogP contribution in [-0.4, -0.2) is 37.9 Å². The number of likely N-dealkylation sites (tertiary alicyclic amines) is 1. The van der Waals surface area contributed by atoms with E-state index in [0.29, 0.717) is 12.7 Å². The zero-order valence-corrected chi connectivity index (χ0v) is 12.0. The maximum atomic E-state index is 5.55. The van der Waals surface area contributed by atoms with Gasteiger partial charge >= 0.3 is 0 Å². The Labute approximate surface area is 120 Å². The third-order valence-electron chi connectivity index (χ3n) is 4.38. The molecule has 1 fully saturated rings. The first-order valence-corrected chi connectivity index (χ1v) is 7.69. The van der Waals surface area contributed by atoms with Gasteiger partial charge < -0.3 is 20.1 Å². The molecule has 1 aromatic carbocycles. The molecule has 2 heterocycles. The Morgan fingerprint density at radius 1 is 1.10 bits per heavy atom. The number of hydrogen-bond donors (Lipinski definition) is 1. The molecular formula is C16H24N2O2. The van der Waals surface area contributed by atoms with E-state index in [1.165, 1.54) is 44.5 Å². The van der Waals surface area contributed by atoms with Crippen LogP contribution < -0.4 is 15.2 Å². The van der Waals surface area contributed by atoms with Gasteiger partial charge in [-0.1, -0.05) is 6.07 Å². The summed E-state index contributed by atoms with van der Waals surface area (Å²) < 4.78 is 10.8. The Morgan fingerprint density at radius 2 is 1.90 bits per heavy atom. The van der Waals surface area contributed by atoms with E-state index in [1.54, 1.807) is 0 Å². The second-order valence-corrected chi connectivity index (χ2v) is 5.72. The molecule has 2 aliphatic heterocycles. The number of rotatable bonds is 5. The van der Waals surface area contributed by atoms with Crippen LogP contribution in [0.4, 0.5) is 0 Å². The van der Waals surface area contributed by atoms with Crippen molar-refractivity contribution in [3.8, 4) is 11.5 Å². The summed E-state index contributed by atoms with van der Waals surface area (Å²) in [5, 5.41) is 0. The van der Waals surface area contributed by atoms with Crippen LogP contribution in [0.15, 0.2) is 18.2 Å². The van der Waals surface area contributed by atoms with Gasteiger partial charge in [0, 0.05) is 0 Å². The smallest absolute Gasteiger partial charge is 0.231 e. The fourth-order valence-electron chi connectivity index (χ4n) is 3.14. The fraction of sp³-hybridized carbons (Fsp3) is 0.625.